The molecule has 138 valence electrons. The molecule has 1 atom stereocenters. The number of hydrogen-bond acceptors (Lipinski definition) is 5. The first kappa shape index (κ1) is 18.3. The first-order valence-electron chi connectivity index (χ1n) is 8.58. The van der Waals surface area contributed by atoms with Crippen molar-refractivity contribution in [3.63, 3.8) is 0 Å². The van der Waals surface area contributed by atoms with E-state index in [-0.39, 0.29) is 24.9 Å². The SMILES string of the molecule is CNC(=O)[C@@H]1CN(CC(=O)Nc2ccc(CC#N)cc2)c2ccccc2O1. The van der Waals surface area contributed by atoms with E-state index in [4.69, 9.17) is 10.00 Å². The minimum atomic E-state index is -0.678. The van der Waals surface area contributed by atoms with Crippen molar-refractivity contribution in [2.45, 2.75) is 12.5 Å². The van der Waals surface area contributed by atoms with Gasteiger partial charge in [-0.15, -0.1) is 0 Å². The van der Waals surface area contributed by atoms with Gasteiger partial charge in [0.1, 0.15) is 5.75 Å². The minimum Gasteiger partial charge on any atom is -0.477 e. The van der Waals surface area contributed by atoms with Gasteiger partial charge in [-0.1, -0.05) is 24.3 Å². The average molecular weight is 364 g/mol. The third-order valence-corrected chi connectivity index (χ3v) is 4.26. The summed E-state index contributed by atoms with van der Waals surface area (Å²) in [4.78, 5) is 26.3. The van der Waals surface area contributed by atoms with Crippen LogP contribution in [-0.4, -0.2) is 38.1 Å². The summed E-state index contributed by atoms with van der Waals surface area (Å²) in [6.07, 6.45) is -0.345. The number of anilines is 2. The molecule has 0 radical (unpaired) electrons. The van der Waals surface area contributed by atoms with Crippen molar-refractivity contribution in [2.75, 3.05) is 30.4 Å². The predicted octanol–water partition coefficient (Wildman–Crippen LogP) is 1.70. The molecule has 1 heterocycles. The van der Waals surface area contributed by atoms with Gasteiger partial charge < -0.3 is 20.3 Å². The number of ether oxygens (including phenoxy) is 1. The maximum absolute atomic E-state index is 12.5. The number of carbonyl (C=O) groups excluding carboxylic acids is 2. The molecule has 0 aromatic heterocycles. The van der Waals surface area contributed by atoms with Crippen LogP contribution in [0.15, 0.2) is 48.5 Å². The molecule has 27 heavy (non-hydrogen) atoms. The maximum atomic E-state index is 12.5. The molecule has 0 saturated heterocycles. The van der Waals surface area contributed by atoms with Gasteiger partial charge in [-0.3, -0.25) is 9.59 Å². The Morgan fingerprint density at radius 2 is 1.96 bits per heavy atom. The van der Waals surface area contributed by atoms with Gasteiger partial charge in [0.15, 0.2) is 6.10 Å². The Balaban J connectivity index is 1.70. The fraction of sp³-hybridized carbons (Fsp3) is 0.250. The monoisotopic (exact) mass is 364 g/mol. The van der Waals surface area contributed by atoms with E-state index in [1.807, 2.05) is 35.2 Å². The zero-order chi connectivity index (χ0) is 19.2. The number of hydrogen-bond donors (Lipinski definition) is 2. The number of rotatable bonds is 5. The zero-order valence-electron chi connectivity index (χ0n) is 14.9. The van der Waals surface area contributed by atoms with E-state index in [0.29, 0.717) is 17.9 Å². The highest BCUT2D eigenvalue weighted by Gasteiger charge is 2.30. The van der Waals surface area contributed by atoms with Crippen molar-refractivity contribution in [1.82, 2.24) is 5.32 Å². The molecular weight excluding hydrogens is 344 g/mol. The quantitative estimate of drug-likeness (QED) is 0.842. The predicted molar refractivity (Wildman–Crippen MR) is 102 cm³/mol. The van der Waals surface area contributed by atoms with E-state index in [1.165, 1.54) is 0 Å². The van der Waals surface area contributed by atoms with Gasteiger partial charge in [0, 0.05) is 12.7 Å². The Labute approximate surface area is 157 Å². The van der Waals surface area contributed by atoms with Crippen molar-refractivity contribution in [1.29, 1.82) is 5.26 Å². The Hall–Kier alpha value is -3.53. The third-order valence-electron chi connectivity index (χ3n) is 4.26. The average Bonchev–Trinajstić information content (AvgIpc) is 2.69. The summed E-state index contributed by atoms with van der Waals surface area (Å²) in [5, 5.41) is 14.1. The highest BCUT2D eigenvalue weighted by Crippen LogP contribution is 2.32. The van der Waals surface area contributed by atoms with Gasteiger partial charge in [-0.2, -0.15) is 5.26 Å². The topological polar surface area (TPSA) is 94.5 Å². The summed E-state index contributed by atoms with van der Waals surface area (Å²) in [6.45, 7) is 0.374. The van der Waals surface area contributed by atoms with Crippen molar-refractivity contribution in [2.24, 2.45) is 0 Å². The fourth-order valence-corrected chi connectivity index (χ4v) is 2.93. The van der Waals surface area contributed by atoms with Gasteiger partial charge in [0.2, 0.25) is 5.91 Å². The lowest BCUT2D eigenvalue weighted by molar-refractivity contribution is -0.127. The van der Waals surface area contributed by atoms with Crippen LogP contribution in [0.1, 0.15) is 5.56 Å². The number of nitrogens with one attached hydrogen (secondary N) is 2. The van der Waals surface area contributed by atoms with Crippen LogP contribution < -0.4 is 20.3 Å². The van der Waals surface area contributed by atoms with Crippen LogP contribution in [0.3, 0.4) is 0 Å². The number of fused-ring (bicyclic) bond motifs is 1. The molecule has 7 heteroatoms. The van der Waals surface area contributed by atoms with E-state index in [1.54, 1.807) is 25.2 Å². The molecule has 0 fully saturated rings. The van der Waals surface area contributed by atoms with E-state index < -0.39 is 6.10 Å². The van der Waals surface area contributed by atoms with Crippen LogP contribution in [0.4, 0.5) is 11.4 Å². The number of nitriles is 1. The molecule has 3 rings (SSSR count). The lowest BCUT2D eigenvalue weighted by Crippen LogP contribution is -2.50. The number of likely N-dealkylation sites (N-methyl/N-ethyl adjacent to an activating group) is 1. The lowest BCUT2D eigenvalue weighted by Gasteiger charge is -2.34. The Bertz CT molecular complexity index is 874. The summed E-state index contributed by atoms with van der Waals surface area (Å²) in [7, 11) is 1.55. The molecule has 0 unspecified atom stereocenters. The molecule has 1 aliphatic rings. The lowest BCUT2D eigenvalue weighted by atomic mass is 10.1. The first-order valence-corrected chi connectivity index (χ1v) is 8.58. The number of benzene rings is 2. The molecule has 0 aliphatic carbocycles. The number of carbonyl (C=O) groups is 2. The van der Waals surface area contributed by atoms with Crippen LogP contribution in [0.25, 0.3) is 0 Å². The van der Waals surface area contributed by atoms with E-state index in [0.717, 1.165) is 11.3 Å². The first-order chi connectivity index (χ1) is 13.1. The Morgan fingerprint density at radius 1 is 1.22 bits per heavy atom. The van der Waals surface area contributed by atoms with Crippen LogP contribution in [0.2, 0.25) is 0 Å². The molecule has 2 N–H and O–H groups in total. The van der Waals surface area contributed by atoms with Gasteiger partial charge in [0.05, 0.1) is 31.3 Å². The molecule has 2 amide bonds. The second-order valence-corrected chi connectivity index (χ2v) is 6.15. The molecule has 1 aliphatic heterocycles. The van der Waals surface area contributed by atoms with Crippen LogP contribution >= 0.6 is 0 Å². The second kappa shape index (κ2) is 8.23. The van der Waals surface area contributed by atoms with E-state index in [2.05, 4.69) is 16.7 Å². The summed E-state index contributed by atoms with van der Waals surface area (Å²) < 4.78 is 5.74. The van der Waals surface area contributed by atoms with Gasteiger partial charge >= 0.3 is 0 Å². The van der Waals surface area contributed by atoms with Gasteiger partial charge in [-0.25, -0.2) is 0 Å². The highest BCUT2D eigenvalue weighted by atomic mass is 16.5. The molecule has 0 saturated carbocycles. The third kappa shape index (κ3) is 4.36. The normalized spacial score (nSPS) is 15.1. The summed E-state index contributed by atoms with van der Waals surface area (Å²) in [5.41, 5.74) is 2.33. The summed E-state index contributed by atoms with van der Waals surface area (Å²) in [6, 6.07) is 16.6. The van der Waals surface area contributed by atoms with Crippen LogP contribution in [0.5, 0.6) is 5.75 Å². The van der Waals surface area contributed by atoms with Crippen molar-refractivity contribution in [3.8, 4) is 11.8 Å². The number of nitrogens with zero attached hydrogens (tertiary/aromatic N) is 2. The Kier molecular flexibility index (Phi) is 5.57. The molecule has 7 nitrogen and oxygen atoms in total. The standard InChI is InChI=1S/C20H20N4O3/c1-22-20(26)18-12-24(16-4-2-3-5-17(16)27-18)13-19(25)23-15-8-6-14(7-9-15)10-11-21/h2-9,18H,10,12-13H2,1H3,(H,22,26)(H,23,25)/t18-/m0/s1. The largest absolute Gasteiger partial charge is 0.477 e. The summed E-state index contributed by atoms with van der Waals surface area (Å²) >= 11 is 0. The van der Waals surface area contributed by atoms with E-state index >= 15 is 0 Å². The van der Waals surface area contributed by atoms with Crippen LogP contribution in [0, 0.1) is 11.3 Å². The summed E-state index contributed by atoms with van der Waals surface area (Å²) in [5.74, 6) is 0.143. The minimum absolute atomic E-state index is 0.0911. The molecule has 0 spiro atoms. The smallest absolute Gasteiger partial charge is 0.262 e. The highest BCUT2D eigenvalue weighted by molar-refractivity contribution is 5.95. The molecule has 0 bridgehead atoms. The molecular formula is C20H20N4O3. The van der Waals surface area contributed by atoms with Crippen molar-refractivity contribution >= 4 is 23.2 Å². The van der Waals surface area contributed by atoms with Gasteiger partial charge in [-0.05, 0) is 29.8 Å². The van der Waals surface area contributed by atoms with Crippen molar-refractivity contribution in [3.05, 3.63) is 54.1 Å². The van der Waals surface area contributed by atoms with E-state index in [9.17, 15) is 9.59 Å². The zero-order valence-corrected chi connectivity index (χ0v) is 14.9. The number of para-hydroxylation sites is 2. The fourth-order valence-electron chi connectivity index (χ4n) is 2.93. The van der Waals surface area contributed by atoms with Crippen molar-refractivity contribution < 1.29 is 14.3 Å². The molecule has 2 aromatic rings. The maximum Gasteiger partial charge on any atom is 0.262 e. The second-order valence-electron chi connectivity index (χ2n) is 6.15. The number of amides is 2. The van der Waals surface area contributed by atoms with Crippen LogP contribution in [-0.2, 0) is 16.0 Å². The Morgan fingerprint density at radius 3 is 2.67 bits per heavy atom. The molecule has 2 aromatic carbocycles. The van der Waals surface area contributed by atoms with Gasteiger partial charge in [0.25, 0.3) is 5.91 Å².